The van der Waals surface area contributed by atoms with E-state index in [1.165, 1.54) is 24.4 Å². The fourth-order valence-electron chi connectivity index (χ4n) is 1.83. The summed E-state index contributed by atoms with van der Waals surface area (Å²) >= 11 is 1.26. The molecule has 1 aromatic heterocycles. The number of carbonyl (C=O) groups excluding carboxylic acids is 1. The van der Waals surface area contributed by atoms with Crippen LogP contribution in [0.4, 0.5) is 10.8 Å². The van der Waals surface area contributed by atoms with Gasteiger partial charge in [-0.05, 0) is 44.1 Å². The highest BCUT2D eigenvalue weighted by Crippen LogP contribution is 2.36. The predicted octanol–water partition coefficient (Wildman–Crippen LogP) is 1.45. The van der Waals surface area contributed by atoms with Crippen molar-refractivity contribution >= 4 is 28.3 Å². The van der Waals surface area contributed by atoms with Crippen LogP contribution in [0, 0.1) is 5.92 Å². The van der Waals surface area contributed by atoms with Crippen LogP contribution in [-0.4, -0.2) is 22.9 Å². The van der Waals surface area contributed by atoms with Crippen LogP contribution in [0.2, 0.25) is 0 Å². The van der Waals surface area contributed by atoms with Gasteiger partial charge >= 0.3 is 0 Å². The first kappa shape index (κ1) is 12.2. The Kier molecular flexibility index (Phi) is 3.24. The summed E-state index contributed by atoms with van der Waals surface area (Å²) in [6.07, 6.45) is 2.53. The Morgan fingerprint density at radius 2 is 2.24 bits per heavy atom. The maximum Gasteiger partial charge on any atom is 0.255 e. The normalized spacial score (nSPS) is 15.2. The molecule has 4 N–H and O–H groups in total. The number of primary amides is 1. The third-order valence-electron chi connectivity index (χ3n) is 2.98. The van der Waals surface area contributed by atoms with Gasteiger partial charge in [-0.1, -0.05) is 0 Å². The number of hydrogen-bond acceptors (Lipinski definition) is 5. The number of aromatic nitrogens is 1. The molecule has 0 atom stereocenters. The number of rotatable bonds is 5. The number of amides is 1. The minimum absolute atomic E-state index is 0.249. The predicted molar refractivity (Wildman–Crippen MR) is 70.3 cm³/mol. The van der Waals surface area contributed by atoms with Crippen molar-refractivity contribution in [3.63, 3.8) is 0 Å². The smallest absolute Gasteiger partial charge is 0.255 e. The first-order chi connectivity index (χ1) is 8.00. The fourth-order valence-corrected chi connectivity index (χ4v) is 2.79. The van der Waals surface area contributed by atoms with Gasteiger partial charge in [-0.3, -0.25) is 4.79 Å². The van der Waals surface area contributed by atoms with Gasteiger partial charge in [0.2, 0.25) is 0 Å². The Labute approximate surface area is 105 Å². The molecule has 2 rings (SSSR count). The van der Waals surface area contributed by atoms with E-state index in [0.29, 0.717) is 11.6 Å². The lowest BCUT2D eigenvalue weighted by molar-refractivity contribution is 0.100. The fraction of sp³-hybridized carbons (Fsp3) is 0.636. The van der Waals surface area contributed by atoms with Crippen molar-refractivity contribution in [2.75, 3.05) is 17.2 Å². The standard InChI is InChI=1S/C11H18N4OS/c1-6(2)15(5-7-3-4-7)11-8(10(13)16)9(12)14-17-11/h6-7H,3-5H2,1-2H3,(H2,12,14)(H2,13,16). The van der Waals surface area contributed by atoms with Gasteiger partial charge in [0, 0.05) is 12.6 Å². The van der Waals surface area contributed by atoms with Crippen molar-refractivity contribution in [2.24, 2.45) is 11.7 Å². The van der Waals surface area contributed by atoms with Crippen molar-refractivity contribution in [3.05, 3.63) is 5.56 Å². The van der Waals surface area contributed by atoms with E-state index in [-0.39, 0.29) is 5.82 Å². The van der Waals surface area contributed by atoms with E-state index >= 15 is 0 Å². The third-order valence-corrected chi connectivity index (χ3v) is 3.88. The highest BCUT2D eigenvalue weighted by Gasteiger charge is 2.29. The molecule has 0 aromatic carbocycles. The van der Waals surface area contributed by atoms with Crippen molar-refractivity contribution in [1.29, 1.82) is 0 Å². The molecule has 6 heteroatoms. The quantitative estimate of drug-likeness (QED) is 0.832. The zero-order chi connectivity index (χ0) is 12.6. The molecular weight excluding hydrogens is 236 g/mol. The van der Waals surface area contributed by atoms with Crippen LogP contribution in [0.3, 0.4) is 0 Å². The van der Waals surface area contributed by atoms with Crippen LogP contribution >= 0.6 is 11.5 Å². The zero-order valence-corrected chi connectivity index (χ0v) is 11.0. The van der Waals surface area contributed by atoms with Crippen molar-refractivity contribution in [1.82, 2.24) is 4.37 Å². The summed E-state index contributed by atoms with van der Waals surface area (Å²) in [6, 6.07) is 0.313. The van der Waals surface area contributed by atoms with E-state index in [2.05, 4.69) is 23.1 Å². The van der Waals surface area contributed by atoms with Gasteiger partial charge in [-0.2, -0.15) is 4.37 Å². The monoisotopic (exact) mass is 254 g/mol. The Bertz CT molecular complexity index is 425. The molecule has 0 radical (unpaired) electrons. The second-order valence-electron chi connectivity index (χ2n) is 4.80. The number of anilines is 2. The van der Waals surface area contributed by atoms with Gasteiger partial charge < -0.3 is 16.4 Å². The van der Waals surface area contributed by atoms with Gasteiger partial charge in [0.25, 0.3) is 5.91 Å². The number of nitrogens with two attached hydrogens (primary N) is 2. The lowest BCUT2D eigenvalue weighted by Gasteiger charge is -2.27. The molecular formula is C11H18N4OS. The average molecular weight is 254 g/mol. The molecule has 0 spiro atoms. The van der Waals surface area contributed by atoms with E-state index in [9.17, 15) is 4.79 Å². The van der Waals surface area contributed by atoms with Crippen LogP contribution in [0.1, 0.15) is 37.0 Å². The molecule has 17 heavy (non-hydrogen) atoms. The Morgan fingerprint density at radius 3 is 2.71 bits per heavy atom. The molecule has 1 fully saturated rings. The van der Waals surface area contributed by atoms with Crippen LogP contribution in [0.5, 0.6) is 0 Å². The molecule has 0 aliphatic heterocycles. The van der Waals surface area contributed by atoms with Gasteiger partial charge in [-0.25, -0.2) is 0 Å². The van der Waals surface area contributed by atoms with Gasteiger partial charge in [0.1, 0.15) is 10.6 Å². The molecule has 94 valence electrons. The minimum atomic E-state index is -0.493. The van der Waals surface area contributed by atoms with E-state index in [0.717, 1.165) is 17.5 Å². The molecule has 1 aliphatic carbocycles. The summed E-state index contributed by atoms with van der Waals surface area (Å²) in [6.45, 7) is 5.16. The molecule has 0 unspecified atom stereocenters. The van der Waals surface area contributed by atoms with Crippen LogP contribution in [0.25, 0.3) is 0 Å². The lowest BCUT2D eigenvalue weighted by Crippen LogP contribution is -2.33. The van der Waals surface area contributed by atoms with Crippen molar-refractivity contribution in [3.8, 4) is 0 Å². The molecule has 1 amide bonds. The SMILES string of the molecule is CC(C)N(CC1CC1)c1snc(N)c1C(N)=O. The van der Waals surface area contributed by atoms with Crippen LogP contribution in [0.15, 0.2) is 0 Å². The summed E-state index contributed by atoms with van der Waals surface area (Å²) < 4.78 is 4.05. The Hall–Kier alpha value is -1.30. The highest BCUT2D eigenvalue weighted by molar-refractivity contribution is 7.11. The first-order valence-corrected chi connectivity index (χ1v) is 6.59. The summed E-state index contributed by atoms with van der Waals surface area (Å²) in [5.41, 5.74) is 11.4. The summed E-state index contributed by atoms with van der Waals surface area (Å²) in [5.74, 6) is 0.494. The highest BCUT2D eigenvalue weighted by atomic mass is 32.1. The average Bonchev–Trinajstić information content (AvgIpc) is 2.97. The molecule has 1 saturated carbocycles. The topological polar surface area (TPSA) is 85.2 Å². The van der Waals surface area contributed by atoms with Gasteiger partial charge in [0.05, 0.1) is 0 Å². The minimum Gasteiger partial charge on any atom is -0.382 e. The second kappa shape index (κ2) is 4.52. The lowest BCUT2D eigenvalue weighted by atomic mass is 10.2. The Balaban J connectivity index is 2.31. The summed E-state index contributed by atoms with van der Waals surface area (Å²) in [7, 11) is 0. The molecule has 5 nitrogen and oxygen atoms in total. The number of nitrogens with zero attached hydrogens (tertiary/aromatic N) is 2. The number of hydrogen-bond donors (Lipinski definition) is 2. The molecule has 0 saturated heterocycles. The van der Waals surface area contributed by atoms with E-state index in [1.54, 1.807) is 0 Å². The third kappa shape index (κ3) is 2.52. The second-order valence-corrected chi connectivity index (χ2v) is 5.55. The van der Waals surface area contributed by atoms with E-state index in [1.807, 2.05) is 0 Å². The maximum atomic E-state index is 11.4. The van der Waals surface area contributed by atoms with E-state index in [4.69, 9.17) is 11.5 Å². The van der Waals surface area contributed by atoms with Crippen molar-refractivity contribution < 1.29 is 4.79 Å². The number of nitrogen functional groups attached to an aromatic ring is 1. The van der Waals surface area contributed by atoms with Gasteiger partial charge in [-0.15, -0.1) is 0 Å². The molecule has 1 aliphatic rings. The zero-order valence-electron chi connectivity index (χ0n) is 10.1. The van der Waals surface area contributed by atoms with Crippen LogP contribution < -0.4 is 16.4 Å². The van der Waals surface area contributed by atoms with Gasteiger partial charge in [0.15, 0.2) is 5.82 Å². The maximum absolute atomic E-state index is 11.4. The number of carbonyl (C=O) groups is 1. The first-order valence-electron chi connectivity index (χ1n) is 5.82. The van der Waals surface area contributed by atoms with E-state index < -0.39 is 5.91 Å². The molecule has 1 aromatic rings. The molecule has 1 heterocycles. The summed E-state index contributed by atoms with van der Waals surface area (Å²) in [5, 5.41) is 0.817. The molecule has 0 bridgehead atoms. The van der Waals surface area contributed by atoms with Crippen molar-refractivity contribution in [2.45, 2.75) is 32.7 Å². The summed E-state index contributed by atoms with van der Waals surface area (Å²) in [4.78, 5) is 13.6. The van der Waals surface area contributed by atoms with Crippen LogP contribution in [-0.2, 0) is 0 Å². The largest absolute Gasteiger partial charge is 0.382 e. The Morgan fingerprint density at radius 1 is 1.59 bits per heavy atom.